The molecule has 47 heavy (non-hydrogen) atoms. The van der Waals surface area contributed by atoms with Gasteiger partial charge in [0.05, 0.1) is 33.3 Å². The molecule has 0 bridgehead atoms. The van der Waals surface area contributed by atoms with E-state index in [9.17, 15) is 5.26 Å². The summed E-state index contributed by atoms with van der Waals surface area (Å²) in [5.41, 5.74) is 10.4. The molecule has 1 aliphatic carbocycles. The van der Waals surface area contributed by atoms with Crippen molar-refractivity contribution in [3.05, 3.63) is 163 Å². The van der Waals surface area contributed by atoms with E-state index in [0.29, 0.717) is 5.56 Å². The standard InChI is InChI=1S/C43H27N3O/c44-26-28-11-10-17-30(42(28)46-36-18-7-4-14-31(36)32-15-5-8-19-37(32)46)27-21-23-38-35(25-27)33-22-24-40-41(34-16-6-9-20-39(34)47-40)43(33)45(38)29-12-2-1-3-13-29/h1-25,34,39H. The molecule has 1 aliphatic heterocycles. The van der Waals surface area contributed by atoms with Gasteiger partial charge in [0.15, 0.2) is 0 Å². The van der Waals surface area contributed by atoms with Gasteiger partial charge >= 0.3 is 0 Å². The van der Waals surface area contributed by atoms with E-state index in [1.165, 1.54) is 32.6 Å². The van der Waals surface area contributed by atoms with Gasteiger partial charge in [0.1, 0.15) is 17.9 Å². The van der Waals surface area contributed by atoms with Crippen LogP contribution in [0.3, 0.4) is 0 Å². The van der Waals surface area contributed by atoms with Crippen molar-refractivity contribution in [2.45, 2.75) is 12.0 Å². The summed E-state index contributed by atoms with van der Waals surface area (Å²) in [4.78, 5) is 0. The van der Waals surface area contributed by atoms with Gasteiger partial charge in [-0.2, -0.15) is 5.26 Å². The number of nitrogens with zero attached hydrogens (tertiary/aromatic N) is 3. The van der Waals surface area contributed by atoms with Crippen molar-refractivity contribution in [2.24, 2.45) is 0 Å². The summed E-state index contributed by atoms with van der Waals surface area (Å²) in [7, 11) is 0. The van der Waals surface area contributed by atoms with Gasteiger partial charge in [-0.05, 0) is 66.2 Å². The van der Waals surface area contributed by atoms with Crippen LogP contribution in [0.5, 0.6) is 5.75 Å². The molecule has 0 fully saturated rings. The number of benzene rings is 6. The minimum absolute atomic E-state index is 0.000827. The molecule has 0 saturated heterocycles. The zero-order chi connectivity index (χ0) is 31.1. The third-order valence-corrected chi connectivity index (χ3v) is 9.89. The predicted octanol–water partition coefficient (Wildman–Crippen LogP) is 10.4. The molecular weight excluding hydrogens is 574 g/mol. The first-order chi connectivity index (χ1) is 23.3. The quantitative estimate of drug-likeness (QED) is 0.202. The average molecular weight is 602 g/mol. The van der Waals surface area contributed by atoms with Gasteiger partial charge in [0, 0.05) is 44.3 Å². The Morgan fingerprint density at radius 3 is 2.11 bits per heavy atom. The first-order valence-corrected chi connectivity index (χ1v) is 16.0. The van der Waals surface area contributed by atoms with Crippen LogP contribution in [0.15, 0.2) is 152 Å². The molecule has 6 aromatic carbocycles. The smallest absolute Gasteiger partial charge is 0.128 e. The lowest BCUT2D eigenvalue weighted by molar-refractivity contribution is 0.269. The minimum atomic E-state index is 0.000827. The highest BCUT2D eigenvalue weighted by Gasteiger charge is 2.35. The van der Waals surface area contributed by atoms with Crippen molar-refractivity contribution in [3.8, 4) is 34.3 Å². The number of hydrogen-bond acceptors (Lipinski definition) is 2. The van der Waals surface area contributed by atoms with Gasteiger partial charge in [-0.1, -0.05) is 91.0 Å². The van der Waals surface area contributed by atoms with Crippen LogP contribution in [0.2, 0.25) is 0 Å². The van der Waals surface area contributed by atoms with Gasteiger partial charge in [-0.25, -0.2) is 0 Å². The molecule has 0 saturated carbocycles. The fourth-order valence-corrected chi connectivity index (χ4v) is 7.93. The van der Waals surface area contributed by atoms with Gasteiger partial charge in [0.25, 0.3) is 0 Å². The summed E-state index contributed by atoms with van der Waals surface area (Å²) in [6, 6.07) is 47.2. The molecule has 0 radical (unpaired) electrons. The van der Waals surface area contributed by atoms with E-state index < -0.39 is 0 Å². The maximum absolute atomic E-state index is 10.5. The topological polar surface area (TPSA) is 42.9 Å². The zero-order valence-electron chi connectivity index (χ0n) is 25.3. The second kappa shape index (κ2) is 9.84. The zero-order valence-corrected chi connectivity index (χ0v) is 25.3. The summed E-state index contributed by atoms with van der Waals surface area (Å²) in [5, 5.41) is 15.2. The van der Waals surface area contributed by atoms with Gasteiger partial charge in [0.2, 0.25) is 0 Å². The Hall–Kier alpha value is -6.31. The lowest BCUT2D eigenvalue weighted by Gasteiger charge is -2.16. The maximum atomic E-state index is 10.5. The number of hydrogen-bond donors (Lipinski definition) is 0. The lowest BCUT2D eigenvalue weighted by atomic mass is 9.90. The molecule has 2 unspecified atom stereocenters. The Morgan fingerprint density at radius 2 is 1.32 bits per heavy atom. The molecule has 2 aromatic heterocycles. The van der Waals surface area contributed by atoms with Gasteiger partial charge < -0.3 is 13.9 Å². The van der Waals surface area contributed by atoms with Gasteiger partial charge in [-0.3, -0.25) is 0 Å². The number of rotatable bonds is 3. The van der Waals surface area contributed by atoms with E-state index in [2.05, 4.69) is 155 Å². The average Bonchev–Trinajstić information content (AvgIpc) is 3.79. The van der Waals surface area contributed by atoms with Crippen molar-refractivity contribution in [2.75, 3.05) is 0 Å². The van der Waals surface area contributed by atoms with E-state index in [1.807, 2.05) is 12.1 Å². The van der Waals surface area contributed by atoms with Crippen molar-refractivity contribution in [3.63, 3.8) is 0 Å². The first-order valence-electron chi connectivity index (χ1n) is 16.0. The molecule has 0 spiro atoms. The Labute approximate surface area is 271 Å². The largest absolute Gasteiger partial charge is 0.485 e. The highest BCUT2D eigenvalue weighted by atomic mass is 16.5. The molecule has 3 heterocycles. The lowest BCUT2D eigenvalue weighted by Crippen LogP contribution is -2.15. The van der Waals surface area contributed by atoms with Crippen molar-refractivity contribution in [1.82, 2.24) is 9.13 Å². The molecule has 10 rings (SSSR count). The Balaban J connectivity index is 1.28. The maximum Gasteiger partial charge on any atom is 0.128 e. The minimum Gasteiger partial charge on any atom is -0.485 e. The Kier molecular flexibility index (Phi) is 5.44. The summed E-state index contributed by atoms with van der Waals surface area (Å²) in [6.45, 7) is 0. The third-order valence-electron chi connectivity index (χ3n) is 9.89. The van der Waals surface area contributed by atoms with E-state index in [1.54, 1.807) is 0 Å². The number of fused-ring (bicyclic) bond motifs is 10. The molecule has 4 heteroatoms. The van der Waals surface area contributed by atoms with Crippen LogP contribution in [0.25, 0.3) is 66.1 Å². The summed E-state index contributed by atoms with van der Waals surface area (Å²) in [5.74, 6) is 1.10. The monoisotopic (exact) mass is 601 g/mol. The first kappa shape index (κ1) is 26.0. The van der Waals surface area contributed by atoms with Crippen LogP contribution in [0, 0.1) is 11.3 Å². The van der Waals surface area contributed by atoms with Crippen molar-refractivity contribution in [1.29, 1.82) is 5.26 Å². The highest BCUT2D eigenvalue weighted by Crippen LogP contribution is 2.49. The number of para-hydroxylation sites is 4. The summed E-state index contributed by atoms with van der Waals surface area (Å²) in [6.07, 6.45) is 8.63. The molecule has 8 aromatic rings. The van der Waals surface area contributed by atoms with E-state index in [-0.39, 0.29) is 12.0 Å². The Bertz CT molecular complexity index is 2630. The summed E-state index contributed by atoms with van der Waals surface area (Å²) < 4.78 is 11.1. The Morgan fingerprint density at radius 1 is 0.596 bits per heavy atom. The molecule has 0 amide bonds. The van der Waals surface area contributed by atoms with Crippen LogP contribution in [-0.2, 0) is 0 Å². The number of ether oxygens (including phenoxy) is 1. The van der Waals surface area contributed by atoms with Gasteiger partial charge in [-0.15, -0.1) is 0 Å². The number of nitriles is 1. The molecular formula is C43H27N3O. The number of allylic oxidation sites excluding steroid dienone is 2. The molecule has 2 atom stereocenters. The van der Waals surface area contributed by atoms with Crippen molar-refractivity contribution >= 4 is 43.6 Å². The second-order valence-electron chi connectivity index (χ2n) is 12.3. The molecule has 220 valence electrons. The van der Waals surface area contributed by atoms with Crippen molar-refractivity contribution < 1.29 is 4.74 Å². The molecule has 4 nitrogen and oxygen atoms in total. The van der Waals surface area contributed by atoms with E-state index >= 15 is 0 Å². The second-order valence-corrected chi connectivity index (χ2v) is 12.3. The summed E-state index contributed by atoms with van der Waals surface area (Å²) >= 11 is 0. The number of aromatic nitrogens is 2. The fourth-order valence-electron chi connectivity index (χ4n) is 7.93. The normalized spacial score (nSPS) is 16.5. The van der Waals surface area contributed by atoms with E-state index in [4.69, 9.17) is 4.74 Å². The van der Waals surface area contributed by atoms with Crippen LogP contribution >= 0.6 is 0 Å². The van der Waals surface area contributed by atoms with Crippen LogP contribution < -0.4 is 4.74 Å². The van der Waals surface area contributed by atoms with E-state index in [0.717, 1.165) is 44.8 Å². The van der Waals surface area contributed by atoms with Crippen LogP contribution in [0.4, 0.5) is 0 Å². The fraction of sp³-hybridized carbons (Fsp3) is 0.0465. The SMILES string of the molecule is N#Cc1cccc(-c2ccc3c(c2)c2ccc4c(c2n3-c2ccccc2)C2C=CC=CC2O4)c1-n1c2ccccc2c2ccccc21. The van der Waals surface area contributed by atoms with Crippen LogP contribution in [0.1, 0.15) is 17.0 Å². The highest BCUT2D eigenvalue weighted by molar-refractivity contribution is 6.13. The molecule has 0 N–H and O–H groups in total. The predicted molar refractivity (Wildman–Crippen MR) is 191 cm³/mol. The third kappa shape index (κ3) is 3.63. The van der Waals surface area contributed by atoms with Crippen LogP contribution in [-0.4, -0.2) is 15.2 Å². The molecule has 2 aliphatic rings.